The van der Waals surface area contributed by atoms with Crippen molar-refractivity contribution >= 4 is 15.9 Å². The summed E-state index contributed by atoms with van der Waals surface area (Å²) in [7, 11) is -3.35. The Morgan fingerprint density at radius 1 is 1.26 bits per heavy atom. The lowest BCUT2D eigenvalue weighted by molar-refractivity contribution is 0.102. The number of hydrogen-bond acceptors (Lipinski definition) is 4. The van der Waals surface area contributed by atoms with Gasteiger partial charge in [-0.1, -0.05) is 19.4 Å². The van der Waals surface area contributed by atoms with Gasteiger partial charge in [-0.3, -0.25) is 0 Å². The number of ether oxygens (including phenoxy) is 1. The van der Waals surface area contributed by atoms with Gasteiger partial charge < -0.3 is 9.64 Å². The van der Waals surface area contributed by atoms with Gasteiger partial charge in [-0.15, -0.1) is 0 Å². The van der Waals surface area contributed by atoms with E-state index in [0.717, 1.165) is 30.4 Å². The van der Waals surface area contributed by atoms with Crippen molar-refractivity contribution < 1.29 is 17.9 Å². The first-order valence-corrected chi connectivity index (χ1v) is 11.7. The van der Waals surface area contributed by atoms with Gasteiger partial charge in [-0.25, -0.2) is 13.2 Å². The van der Waals surface area contributed by atoms with Crippen molar-refractivity contribution in [3.05, 3.63) is 29.3 Å². The van der Waals surface area contributed by atoms with Crippen molar-refractivity contribution in [3.63, 3.8) is 0 Å². The van der Waals surface area contributed by atoms with Crippen molar-refractivity contribution in [2.45, 2.75) is 69.1 Å². The molecule has 0 saturated heterocycles. The molecule has 27 heavy (non-hydrogen) atoms. The van der Waals surface area contributed by atoms with E-state index in [4.69, 9.17) is 4.74 Å². The first-order chi connectivity index (χ1) is 12.8. The molecule has 0 radical (unpaired) electrons. The molecule has 0 bridgehead atoms. The lowest BCUT2D eigenvalue weighted by Crippen LogP contribution is -2.36. The number of rotatable bonds is 3. The second kappa shape index (κ2) is 6.80. The van der Waals surface area contributed by atoms with E-state index >= 15 is 0 Å². The quantitative estimate of drug-likeness (QED) is 0.783. The van der Waals surface area contributed by atoms with Gasteiger partial charge >= 0.3 is 6.09 Å². The molecule has 1 aliphatic heterocycles. The standard InChI is InChI=1S/C21H29NO4S/c1-3-26-20(23)22-10-7-16-5-6-18(11-17(16)14-22)27(24,25)19-13-21(8-4-9-21)12-15(19)2/h5-6,11,15,19H,3-4,7-10,12-14H2,1-2H3. The van der Waals surface area contributed by atoms with E-state index in [1.165, 1.54) is 19.3 Å². The average molecular weight is 392 g/mol. The summed E-state index contributed by atoms with van der Waals surface area (Å²) in [5, 5.41) is -0.277. The summed E-state index contributed by atoms with van der Waals surface area (Å²) in [6.45, 7) is 5.26. The molecular weight excluding hydrogens is 362 g/mol. The number of sulfone groups is 1. The van der Waals surface area contributed by atoms with Crippen LogP contribution in [0.4, 0.5) is 4.79 Å². The highest BCUT2D eigenvalue weighted by atomic mass is 32.2. The minimum atomic E-state index is -3.35. The lowest BCUT2D eigenvalue weighted by atomic mass is 9.67. The SMILES string of the molecule is CCOC(=O)N1CCc2ccc(S(=O)(=O)C3CC4(CCC4)CC3C)cc2C1. The van der Waals surface area contributed by atoms with Crippen molar-refractivity contribution in [3.8, 4) is 0 Å². The highest BCUT2D eigenvalue weighted by Gasteiger charge is 2.51. The molecule has 1 aromatic rings. The molecule has 148 valence electrons. The maximum absolute atomic E-state index is 13.4. The zero-order chi connectivity index (χ0) is 19.2. The molecule has 2 saturated carbocycles. The van der Waals surface area contributed by atoms with E-state index in [2.05, 4.69) is 6.92 Å². The first kappa shape index (κ1) is 18.8. The Kier molecular flexibility index (Phi) is 4.73. The minimum Gasteiger partial charge on any atom is -0.450 e. The number of carbonyl (C=O) groups excluding carboxylic acids is 1. The van der Waals surface area contributed by atoms with Crippen LogP contribution in [0.1, 0.15) is 57.1 Å². The van der Waals surface area contributed by atoms with Crippen LogP contribution in [0, 0.1) is 11.3 Å². The molecule has 0 N–H and O–H groups in total. The van der Waals surface area contributed by atoms with Crippen molar-refractivity contribution in [1.29, 1.82) is 0 Å². The van der Waals surface area contributed by atoms with Crippen LogP contribution in [0.2, 0.25) is 0 Å². The third-order valence-electron chi connectivity index (χ3n) is 6.88. The third kappa shape index (κ3) is 3.26. The fourth-order valence-electron chi connectivity index (χ4n) is 5.28. The van der Waals surface area contributed by atoms with Gasteiger partial charge in [0.05, 0.1) is 16.8 Å². The molecule has 6 heteroatoms. The normalized spacial score (nSPS) is 26.5. The molecular formula is C21H29NO4S. The third-order valence-corrected chi connectivity index (χ3v) is 9.22. The minimum absolute atomic E-state index is 0.211. The van der Waals surface area contributed by atoms with Crippen LogP contribution < -0.4 is 0 Å². The summed E-state index contributed by atoms with van der Waals surface area (Å²) in [6.07, 6.45) is 5.86. The zero-order valence-corrected chi connectivity index (χ0v) is 17.1. The number of carbonyl (C=O) groups is 1. The van der Waals surface area contributed by atoms with Gasteiger partial charge in [0.1, 0.15) is 0 Å². The van der Waals surface area contributed by atoms with E-state index in [0.29, 0.717) is 24.6 Å². The van der Waals surface area contributed by atoms with Gasteiger partial charge in [-0.05, 0) is 73.6 Å². The Morgan fingerprint density at radius 3 is 2.67 bits per heavy atom. The van der Waals surface area contributed by atoms with Crippen LogP contribution in [0.25, 0.3) is 0 Å². The van der Waals surface area contributed by atoms with Gasteiger partial charge in [0.25, 0.3) is 0 Å². The lowest BCUT2D eigenvalue weighted by Gasteiger charge is -2.38. The first-order valence-electron chi connectivity index (χ1n) is 10.1. The molecule has 1 heterocycles. The topological polar surface area (TPSA) is 63.7 Å². The number of hydrogen-bond donors (Lipinski definition) is 0. The van der Waals surface area contributed by atoms with Crippen molar-refractivity contribution in [2.75, 3.05) is 13.2 Å². The molecule has 2 unspecified atom stereocenters. The molecule has 4 rings (SSSR count). The molecule has 5 nitrogen and oxygen atoms in total. The molecule has 2 aliphatic carbocycles. The van der Waals surface area contributed by atoms with Crippen LogP contribution >= 0.6 is 0 Å². The molecule has 1 spiro atoms. The highest BCUT2D eigenvalue weighted by molar-refractivity contribution is 7.92. The smallest absolute Gasteiger partial charge is 0.410 e. The predicted octanol–water partition coefficient (Wildman–Crippen LogP) is 3.94. The molecule has 2 fully saturated rings. The van der Waals surface area contributed by atoms with Crippen molar-refractivity contribution in [2.24, 2.45) is 11.3 Å². The van der Waals surface area contributed by atoms with Crippen molar-refractivity contribution in [1.82, 2.24) is 4.90 Å². The fraction of sp³-hybridized carbons (Fsp3) is 0.667. The van der Waals surface area contributed by atoms with Gasteiger partial charge in [0.15, 0.2) is 9.84 Å². The van der Waals surface area contributed by atoms with E-state index in [1.54, 1.807) is 24.0 Å². The van der Waals surface area contributed by atoms with E-state index in [9.17, 15) is 13.2 Å². The summed E-state index contributed by atoms with van der Waals surface area (Å²) in [4.78, 5) is 14.1. The largest absolute Gasteiger partial charge is 0.450 e. The van der Waals surface area contributed by atoms with Crippen LogP contribution in [-0.4, -0.2) is 37.8 Å². The van der Waals surface area contributed by atoms with Crippen LogP contribution in [0.3, 0.4) is 0 Å². The highest BCUT2D eigenvalue weighted by Crippen LogP contribution is 2.57. The maximum Gasteiger partial charge on any atom is 0.410 e. The van der Waals surface area contributed by atoms with Gasteiger partial charge in [0, 0.05) is 13.1 Å². The number of nitrogens with zero attached hydrogens (tertiary/aromatic N) is 1. The molecule has 3 aliphatic rings. The Morgan fingerprint density at radius 2 is 2.04 bits per heavy atom. The number of amides is 1. The molecule has 0 aromatic heterocycles. The summed E-state index contributed by atoms with van der Waals surface area (Å²) >= 11 is 0. The molecule has 2 atom stereocenters. The summed E-state index contributed by atoms with van der Waals surface area (Å²) in [5.41, 5.74) is 2.34. The van der Waals surface area contributed by atoms with Gasteiger partial charge in [-0.2, -0.15) is 0 Å². The monoisotopic (exact) mass is 391 g/mol. The van der Waals surface area contributed by atoms with E-state index < -0.39 is 9.84 Å². The Balaban J connectivity index is 1.58. The second-order valence-corrected chi connectivity index (χ2v) is 10.8. The predicted molar refractivity (Wildman–Crippen MR) is 103 cm³/mol. The second-order valence-electron chi connectivity index (χ2n) is 8.62. The summed E-state index contributed by atoms with van der Waals surface area (Å²) in [5.74, 6) is 0.211. The average Bonchev–Trinajstić information content (AvgIpc) is 3.00. The Bertz CT molecular complexity index is 844. The zero-order valence-electron chi connectivity index (χ0n) is 16.2. The fourth-order valence-corrected chi connectivity index (χ4v) is 7.48. The van der Waals surface area contributed by atoms with E-state index in [-0.39, 0.29) is 22.7 Å². The van der Waals surface area contributed by atoms with Gasteiger partial charge in [0.2, 0.25) is 0 Å². The number of benzene rings is 1. The van der Waals surface area contributed by atoms with Crippen LogP contribution in [0.15, 0.2) is 23.1 Å². The maximum atomic E-state index is 13.4. The Hall–Kier alpha value is -1.56. The molecule has 1 aromatic carbocycles. The van der Waals surface area contributed by atoms with E-state index in [1.807, 2.05) is 6.07 Å². The summed E-state index contributed by atoms with van der Waals surface area (Å²) < 4.78 is 31.8. The Labute approximate surface area is 162 Å². The van der Waals surface area contributed by atoms with Crippen LogP contribution in [-0.2, 0) is 27.5 Å². The van der Waals surface area contributed by atoms with Crippen LogP contribution in [0.5, 0.6) is 0 Å². The molecule has 1 amide bonds. The number of fused-ring (bicyclic) bond motifs is 1. The summed E-state index contributed by atoms with van der Waals surface area (Å²) in [6, 6.07) is 5.50.